The Morgan fingerprint density at radius 1 is 1.50 bits per heavy atom. The fraction of sp³-hybridized carbons (Fsp3) is 0.333. The van der Waals surface area contributed by atoms with E-state index in [2.05, 4.69) is 4.72 Å². The van der Waals surface area contributed by atoms with E-state index in [4.69, 9.17) is 17.3 Å². The lowest BCUT2D eigenvalue weighted by molar-refractivity contribution is 0.584. The Hall–Kier alpha value is -0.430. The Morgan fingerprint density at radius 3 is 2.75 bits per heavy atom. The summed E-state index contributed by atoms with van der Waals surface area (Å²) < 4.78 is 26.0. The second-order valence-electron chi connectivity index (χ2n) is 3.07. The van der Waals surface area contributed by atoms with Crippen molar-refractivity contribution in [1.82, 2.24) is 4.72 Å². The number of hydrogen-bond acceptors (Lipinski definition) is 4. The molecule has 0 aliphatic heterocycles. The van der Waals surface area contributed by atoms with Crippen LogP contribution in [0.1, 0.15) is 0 Å². The van der Waals surface area contributed by atoms with Crippen LogP contribution in [-0.4, -0.2) is 27.0 Å². The topological polar surface area (TPSA) is 72.2 Å². The van der Waals surface area contributed by atoms with Crippen LogP contribution in [0.15, 0.2) is 23.1 Å². The van der Waals surface area contributed by atoms with Gasteiger partial charge >= 0.3 is 0 Å². The molecule has 1 rings (SSSR count). The van der Waals surface area contributed by atoms with E-state index in [-0.39, 0.29) is 10.6 Å². The van der Waals surface area contributed by atoms with Gasteiger partial charge in [-0.3, -0.25) is 0 Å². The highest BCUT2D eigenvalue weighted by Gasteiger charge is 2.14. The number of anilines is 1. The lowest BCUT2D eigenvalue weighted by atomic mass is 10.3. The van der Waals surface area contributed by atoms with Crippen LogP contribution in [0.4, 0.5) is 5.69 Å². The number of nitrogen functional groups attached to an aromatic ring is 1. The molecule has 0 aromatic heterocycles. The van der Waals surface area contributed by atoms with Crippen LogP contribution in [-0.2, 0) is 10.0 Å². The first-order valence-electron chi connectivity index (χ1n) is 4.51. The first-order chi connectivity index (χ1) is 7.47. The average Bonchev–Trinajstić information content (AvgIpc) is 2.22. The minimum absolute atomic E-state index is 0.135. The minimum Gasteiger partial charge on any atom is -0.397 e. The standard InChI is InChI=1S/C9H13ClN2O2S2/c1-15-5-4-12-16(13,14)7-2-3-8(10)9(11)6-7/h2-3,6,12H,4-5,11H2,1H3. The van der Waals surface area contributed by atoms with Crippen LogP contribution in [0, 0.1) is 0 Å². The molecule has 16 heavy (non-hydrogen) atoms. The second-order valence-corrected chi connectivity index (χ2v) is 6.23. The van der Waals surface area contributed by atoms with Crippen LogP contribution in [0.3, 0.4) is 0 Å². The van der Waals surface area contributed by atoms with E-state index in [1.165, 1.54) is 18.2 Å². The maximum atomic E-state index is 11.8. The molecule has 4 nitrogen and oxygen atoms in total. The van der Waals surface area contributed by atoms with Gasteiger partial charge in [0, 0.05) is 12.3 Å². The fourth-order valence-corrected chi connectivity index (χ4v) is 2.67. The van der Waals surface area contributed by atoms with E-state index in [0.29, 0.717) is 11.6 Å². The molecular formula is C9H13ClN2O2S2. The van der Waals surface area contributed by atoms with Gasteiger partial charge in [0.15, 0.2) is 0 Å². The molecular weight excluding hydrogens is 268 g/mol. The smallest absolute Gasteiger partial charge is 0.240 e. The predicted octanol–water partition coefficient (Wildman–Crippen LogP) is 1.56. The van der Waals surface area contributed by atoms with Gasteiger partial charge in [0.2, 0.25) is 10.0 Å². The van der Waals surface area contributed by atoms with Gasteiger partial charge in [-0.15, -0.1) is 0 Å². The van der Waals surface area contributed by atoms with Gasteiger partial charge in [-0.1, -0.05) is 11.6 Å². The normalized spacial score (nSPS) is 11.6. The van der Waals surface area contributed by atoms with Crippen molar-refractivity contribution in [3.8, 4) is 0 Å². The highest BCUT2D eigenvalue weighted by molar-refractivity contribution is 7.98. The largest absolute Gasteiger partial charge is 0.397 e. The maximum Gasteiger partial charge on any atom is 0.240 e. The summed E-state index contributed by atoms with van der Waals surface area (Å²) in [6.45, 7) is 0.395. The van der Waals surface area contributed by atoms with Crippen LogP contribution in [0.2, 0.25) is 5.02 Å². The molecule has 0 bridgehead atoms. The lowest BCUT2D eigenvalue weighted by Crippen LogP contribution is -2.26. The van der Waals surface area contributed by atoms with E-state index in [1.807, 2.05) is 6.26 Å². The Morgan fingerprint density at radius 2 is 2.19 bits per heavy atom. The highest BCUT2D eigenvalue weighted by Crippen LogP contribution is 2.21. The van der Waals surface area contributed by atoms with E-state index < -0.39 is 10.0 Å². The molecule has 0 spiro atoms. The molecule has 0 saturated heterocycles. The molecule has 0 aliphatic rings. The highest BCUT2D eigenvalue weighted by atomic mass is 35.5. The van der Waals surface area contributed by atoms with Crippen molar-refractivity contribution in [2.24, 2.45) is 0 Å². The van der Waals surface area contributed by atoms with Crippen molar-refractivity contribution in [3.05, 3.63) is 23.2 Å². The Balaban J connectivity index is 2.86. The van der Waals surface area contributed by atoms with Gasteiger partial charge in [-0.25, -0.2) is 13.1 Å². The first kappa shape index (κ1) is 13.6. The van der Waals surface area contributed by atoms with Gasteiger partial charge in [0.1, 0.15) is 0 Å². The second kappa shape index (κ2) is 5.77. The summed E-state index contributed by atoms with van der Waals surface area (Å²) in [5.41, 5.74) is 5.80. The number of nitrogens with one attached hydrogen (secondary N) is 1. The fourth-order valence-electron chi connectivity index (χ4n) is 1.05. The molecule has 1 aromatic rings. The third-order valence-corrected chi connectivity index (χ3v) is 4.29. The number of halogens is 1. The van der Waals surface area contributed by atoms with Gasteiger partial charge in [0.05, 0.1) is 15.6 Å². The molecule has 0 radical (unpaired) electrons. The lowest BCUT2D eigenvalue weighted by Gasteiger charge is -2.07. The van der Waals surface area contributed by atoms with Gasteiger partial charge in [-0.2, -0.15) is 11.8 Å². The van der Waals surface area contributed by atoms with E-state index in [1.54, 1.807) is 11.8 Å². The van der Waals surface area contributed by atoms with E-state index in [9.17, 15) is 8.42 Å². The van der Waals surface area contributed by atoms with Gasteiger partial charge in [0.25, 0.3) is 0 Å². The molecule has 0 aliphatic carbocycles. The molecule has 0 saturated carbocycles. The number of benzene rings is 1. The Labute approximate surface area is 105 Å². The molecule has 0 heterocycles. The molecule has 0 amide bonds. The molecule has 0 atom stereocenters. The zero-order valence-electron chi connectivity index (χ0n) is 8.73. The molecule has 7 heteroatoms. The van der Waals surface area contributed by atoms with Crippen LogP contribution < -0.4 is 10.5 Å². The molecule has 0 unspecified atom stereocenters. The minimum atomic E-state index is -3.47. The Bertz CT molecular complexity index is 463. The third kappa shape index (κ3) is 3.55. The number of nitrogens with two attached hydrogens (primary N) is 1. The summed E-state index contributed by atoms with van der Waals surface area (Å²) in [5, 5.41) is 0.350. The molecule has 3 N–H and O–H groups in total. The molecule has 1 aromatic carbocycles. The molecule has 0 fully saturated rings. The summed E-state index contributed by atoms with van der Waals surface area (Å²) in [4.78, 5) is 0.135. The SMILES string of the molecule is CSCCNS(=O)(=O)c1ccc(Cl)c(N)c1. The Kier molecular flexibility index (Phi) is 4.91. The third-order valence-electron chi connectivity index (χ3n) is 1.88. The van der Waals surface area contributed by atoms with Crippen molar-refractivity contribution in [3.63, 3.8) is 0 Å². The number of hydrogen-bond donors (Lipinski definition) is 2. The molecule has 90 valence electrons. The van der Waals surface area contributed by atoms with E-state index >= 15 is 0 Å². The summed E-state index contributed by atoms with van der Waals surface area (Å²) in [6.07, 6.45) is 1.91. The van der Waals surface area contributed by atoms with Gasteiger partial charge < -0.3 is 5.73 Å². The van der Waals surface area contributed by atoms with Crippen molar-refractivity contribution in [1.29, 1.82) is 0 Å². The van der Waals surface area contributed by atoms with Crippen LogP contribution in [0.25, 0.3) is 0 Å². The van der Waals surface area contributed by atoms with E-state index in [0.717, 1.165) is 5.75 Å². The average molecular weight is 281 g/mol. The number of rotatable bonds is 5. The van der Waals surface area contributed by atoms with Gasteiger partial charge in [-0.05, 0) is 24.5 Å². The summed E-state index contributed by atoms with van der Waals surface area (Å²) >= 11 is 7.28. The summed E-state index contributed by atoms with van der Waals surface area (Å²) in [5.74, 6) is 0.725. The summed E-state index contributed by atoms with van der Waals surface area (Å²) in [7, 11) is -3.47. The first-order valence-corrected chi connectivity index (χ1v) is 7.76. The van der Waals surface area contributed by atoms with Crippen molar-refractivity contribution in [2.75, 3.05) is 24.3 Å². The zero-order chi connectivity index (χ0) is 12.2. The predicted molar refractivity (Wildman–Crippen MR) is 69.4 cm³/mol. The van der Waals surface area contributed by atoms with Crippen LogP contribution >= 0.6 is 23.4 Å². The van der Waals surface area contributed by atoms with Crippen molar-refractivity contribution >= 4 is 39.1 Å². The quantitative estimate of drug-likeness (QED) is 0.634. The maximum absolute atomic E-state index is 11.8. The van der Waals surface area contributed by atoms with Crippen molar-refractivity contribution < 1.29 is 8.42 Å². The van der Waals surface area contributed by atoms with Crippen LogP contribution in [0.5, 0.6) is 0 Å². The number of sulfonamides is 1. The summed E-state index contributed by atoms with van der Waals surface area (Å²) in [6, 6.07) is 4.25. The monoisotopic (exact) mass is 280 g/mol. The van der Waals surface area contributed by atoms with Crippen molar-refractivity contribution in [2.45, 2.75) is 4.90 Å². The zero-order valence-corrected chi connectivity index (χ0v) is 11.1. The number of thioether (sulfide) groups is 1.